The highest BCUT2D eigenvalue weighted by Crippen LogP contribution is 2.23. The topological polar surface area (TPSA) is 40.5 Å². The number of hydrogen-bond donors (Lipinski definition) is 1. The molecule has 0 saturated carbocycles. The summed E-state index contributed by atoms with van der Waals surface area (Å²) in [5, 5.41) is 8.68. The Bertz CT molecular complexity index is 438. The molecule has 0 aromatic heterocycles. The summed E-state index contributed by atoms with van der Waals surface area (Å²) in [5.41, 5.74) is 0. The number of thioether (sulfide) groups is 1. The molecule has 1 unspecified atom stereocenters. The molecule has 1 heterocycles. The summed E-state index contributed by atoms with van der Waals surface area (Å²) in [6.07, 6.45) is 2.17. The Morgan fingerprint density at radius 3 is 2.85 bits per heavy atom. The summed E-state index contributed by atoms with van der Waals surface area (Å²) >= 11 is 1.73. The first kappa shape index (κ1) is 15.3. The van der Waals surface area contributed by atoms with Crippen LogP contribution in [0, 0.1) is 11.7 Å². The molecule has 3 nitrogen and oxygen atoms in total. The van der Waals surface area contributed by atoms with Crippen LogP contribution in [0.1, 0.15) is 19.3 Å². The van der Waals surface area contributed by atoms with Crippen LogP contribution >= 0.6 is 11.8 Å². The van der Waals surface area contributed by atoms with Crippen LogP contribution in [0.25, 0.3) is 0 Å². The second-order valence-corrected chi connectivity index (χ2v) is 6.36. The highest BCUT2D eigenvalue weighted by atomic mass is 32.2. The van der Waals surface area contributed by atoms with Crippen molar-refractivity contribution < 1.29 is 14.3 Å². The monoisotopic (exact) mass is 297 g/mol. The van der Waals surface area contributed by atoms with Gasteiger partial charge in [0.25, 0.3) is 0 Å². The molecule has 1 aromatic carbocycles. The zero-order valence-corrected chi connectivity index (χ0v) is 12.2. The normalized spacial score (nSPS) is 19.4. The van der Waals surface area contributed by atoms with Crippen molar-refractivity contribution in [3.8, 4) is 0 Å². The van der Waals surface area contributed by atoms with Crippen LogP contribution in [0.4, 0.5) is 4.39 Å². The second kappa shape index (κ2) is 7.64. The second-order valence-electron chi connectivity index (χ2n) is 5.19. The molecule has 5 heteroatoms. The molecule has 0 bridgehead atoms. The van der Waals surface area contributed by atoms with Gasteiger partial charge in [0.1, 0.15) is 5.82 Å². The molecule has 1 aliphatic rings. The number of aliphatic carboxylic acids is 1. The Morgan fingerprint density at radius 2 is 2.15 bits per heavy atom. The van der Waals surface area contributed by atoms with Gasteiger partial charge in [0.2, 0.25) is 0 Å². The third kappa shape index (κ3) is 5.13. The van der Waals surface area contributed by atoms with Crippen molar-refractivity contribution in [1.29, 1.82) is 0 Å². The number of halogens is 1. The number of rotatable bonds is 7. The van der Waals surface area contributed by atoms with Crippen LogP contribution < -0.4 is 0 Å². The van der Waals surface area contributed by atoms with Crippen molar-refractivity contribution >= 4 is 17.7 Å². The molecule has 1 atom stereocenters. The number of nitrogens with zero attached hydrogens (tertiary/aromatic N) is 1. The fourth-order valence-corrected chi connectivity index (χ4v) is 3.42. The minimum Gasteiger partial charge on any atom is -0.481 e. The van der Waals surface area contributed by atoms with Crippen LogP contribution in [0.5, 0.6) is 0 Å². The summed E-state index contributed by atoms with van der Waals surface area (Å²) in [7, 11) is 0. The van der Waals surface area contributed by atoms with Gasteiger partial charge >= 0.3 is 5.97 Å². The van der Waals surface area contributed by atoms with Crippen LogP contribution in [-0.2, 0) is 4.79 Å². The van der Waals surface area contributed by atoms with E-state index in [9.17, 15) is 9.18 Å². The SMILES string of the molecule is O=C(O)CCC1CCN(CCSc2ccc(F)cc2)C1. The number of likely N-dealkylation sites (tertiary alicyclic amines) is 1. The summed E-state index contributed by atoms with van der Waals surface area (Å²) < 4.78 is 12.8. The standard InChI is InChI=1S/C15H20FNO2S/c16-13-2-4-14(5-3-13)20-10-9-17-8-7-12(11-17)1-6-15(18)19/h2-5,12H,1,6-11H2,(H,18,19). The molecule has 0 spiro atoms. The van der Waals surface area contributed by atoms with E-state index in [1.54, 1.807) is 23.9 Å². The Kier molecular flexibility index (Phi) is 5.86. The van der Waals surface area contributed by atoms with E-state index in [4.69, 9.17) is 5.11 Å². The summed E-state index contributed by atoms with van der Waals surface area (Å²) in [5.74, 6) is 0.615. The van der Waals surface area contributed by atoms with E-state index in [0.29, 0.717) is 5.92 Å². The number of carboxylic acids is 1. The van der Waals surface area contributed by atoms with E-state index >= 15 is 0 Å². The van der Waals surface area contributed by atoms with Crippen LogP contribution in [-0.4, -0.2) is 41.4 Å². The number of benzene rings is 1. The molecule has 0 radical (unpaired) electrons. The van der Waals surface area contributed by atoms with Gasteiger partial charge in [-0.1, -0.05) is 0 Å². The molecule has 0 aliphatic carbocycles. The smallest absolute Gasteiger partial charge is 0.303 e. The average Bonchev–Trinajstić information content (AvgIpc) is 2.87. The first-order chi connectivity index (χ1) is 9.63. The third-order valence-electron chi connectivity index (χ3n) is 3.63. The van der Waals surface area contributed by atoms with Gasteiger partial charge in [-0.3, -0.25) is 4.79 Å². The largest absolute Gasteiger partial charge is 0.481 e. The lowest BCUT2D eigenvalue weighted by Crippen LogP contribution is -2.23. The average molecular weight is 297 g/mol. The molecule has 1 fully saturated rings. The van der Waals surface area contributed by atoms with Crippen molar-refractivity contribution in [2.75, 3.05) is 25.4 Å². The van der Waals surface area contributed by atoms with Gasteiger partial charge in [-0.2, -0.15) is 0 Å². The van der Waals surface area contributed by atoms with E-state index in [2.05, 4.69) is 4.90 Å². The molecular weight excluding hydrogens is 277 g/mol. The van der Waals surface area contributed by atoms with Crippen molar-refractivity contribution in [2.24, 2.45) is 5.92 Å². The highest BCUT2D eigenvalue weighted by Gasteiger charge is 2.22. The molecule has 0 amide bonds. The summed E-state index contributed by atoms with van der Waals surface area (Å²) in [6, 6.07) is 6.58. The van der Waals surface area contributed by atoms with Crippen LogP contribution in [0.15, 0.2) is 29.2 Å². The lowest BCUT2D eigenvalue weighted by molar-refractivity contribution is -0.137. The molecule has 1 N–H and O–H groups in total. The molecule has 1 saturated heterocycles. The van der Waals surface area contributed by atoms with Crippen molar-refractivity contribution in [3.05, 3.63) is 30.1 Å². The lowest BCUT2D eigenvalue weighted by Gasteiger charge is -2.15. The molecule has 20 heavy (non-hydrogen) atoms. The van der Waals surface area contributed by atoms with Gasteiger partial charge < -0.3 is 10.0 Å². The summed E-state index contributed by atoms with van der Waals surface area (Å²) in [4.78, 5) is 14.0. The Morgan fingerprint density at radius 1 is 1.40 bits per heavy atom. The van der Waals surface area contributed by atoms with Crippen LogP contribution in [0.3, 0.4) is 0 Å². The highest BCUT2D eigenvalue weighted by molar-refractivity contribution is 7.99. The Balaban J connectivity index is 1.63. The van der Waals surface area contributed by atoms with Crippen molar-refractivity contribution in [1.82, 2.24) is 4.90 Å². The van der Waals surface area contributed by atoms with Gasteiger partial charge in [-0.05, 0) is 49.6 Å². The fourth-order valence-electron chi connectivity index (χ4n) is 2.50. The van der Waals surface area contributed by atoms with Gasteiger partial charge in [-0.25, -0.2) is 4.39 Å². The predicted molar refractivity (Wildman–Crippen MR) is 78.5 cm³/mol. The molecule has 110 valence electrons. The molecule has 2 rings (SSSR count). The maximum Gasteiger partial charge on any atom is 0.303 e. The van der Waals surface area contributed by atoms with Crippen molar-refractivity contribution in [2.45, 2.75) is 24.2 Å². The molecule has 1 aromatic rings. The van der Waals surface area contributed by atoms with E-state index in [0.717, 1.165) is 43.1 Å². The first-order valence-corrected chi connectivity index (χ1v) is 7.94. The Hall–Kier alpha value is -1.07. The molecule has 1 aliphatic heterocycles. The quantitative estimate of drug-likeness (QED) is 0.785. The number of hydrogen-bond acceptors (Lipinski definition) is 3. The van der Waals surface area contributed by atoms with E-state index in [-0.39, 0.29) is 12.2 Å². The molecular formula is C15H20FNO2S. The van der Waals surface area contributed by atoms with Gasteiger partial charge in [0.15, 0.2) is 0 Å². The maximum absolute atomic E-state index is 12.8. The van der Waals surface area contributed by atoms with Gasteiger partial charge in [0.05, 0.1) is 0 Å². The number of carboxylic acid groups (broad SMARTS) is 1. The van der Waals surface area contributed by atoms with Crippen LogP contribution in [0.2, 0.25) is 0 Å². The van der Waals surface area contributed by atoms with Gasteiger partial charge in [0, 0.05) is 30.2 Å². The fraction of sp³-hybridized carbons (Fsp3) is 0.533. The predicted octanol–water partition coefficient (Wildman–Crippen LogP) is 3.10. The number of carbonyl (C=O) groups is 1. The van der Waals surface area contributed by atoms with E-state index in [1.807, 2.05) is 0 Å². The lowest BCUT2D eigenvalue weighted by atomic mass is 10.0. The summed E-state index contributed by atoms with van der Waals surface area (Å²) in [6.45, 7) is 3.08. The minimum absolute atomic E-state index is 0.199. The van der Waals surface area contributed by atoms with Crippen molar-refractivity contribution in [3.63, 3.8) is 0 Å². The van der Waals surface area contributed by atoms with Gasteiger partial charge in [-0.15, -0.1) is 11.8 Å². The minimum atomic E-state index is -0.699. The zero-order valence-electron chi connectivity index (χ0n) is 11.4. The third-order valence-corrected chi connectivity index (χ3v) is 4.62. The maximum atomic E-state index is 12.8. The zero-order chi connectivity index (χ0) is 14.4. The van der Waals surface area contributed by atoms with E-state index < -0.39 is 5.97 Å². The van der Waals surface area contributed by atoms with E-state index in [1.165, 1.54) is 12.1 Å². The first-order valence-electron chi connectivity index (χ1n) is 6.96. The Labute approximate surface area is 123 Å².